The Morgan fingerprint density at radius 1 is 1.27 bits per heavy atom. The van der Waals surface area contributed by atoms with E-state index in [0.29, 0.717) is 17.9 Å². The van der Waals surface area contributed by atoms with Gasteiger partial charge in [-0.2, -0.15) is 0 Å². The first-order valence-electron chi connectivity index (χ1n) is 6.11. The highest BCUT2D eigenvalue weighted by molar-refractivity contribution is 5.76. The highest BCUT2D eigenvalue weighted by Crippen LogP contribution is 2.33. The summed E-state index contributed by atoms with van der Waals surface area (Å²) in [6.45, 7) is 2.26. The highest BCUT2D eigenvalue weighted by Gasteiger charge is 2.29. The van der Waals surface area contributed by atoms with E-state index in [2.05, 4.69) is 11.9 Å². The van der Waals surface area contributed by atoms with Crippen LogP contribution < -0.4 is 0 Å². The fraction of sp³-hybridized carbons (Fsp3) is 0.917. The summed E-state index contributed by atoms with van der Waals surface area (Å²) in [7, 11) is 4.14. The zero-order valence-electron chi connectivity index (χ0n) is 9.91. The van der Waals surface area contributed by atoms with Gasteiger partial charge in [-0.15, -0.1) is 0 Å². The van der Waals surface area contributed by atoms with E-state index in [0.717, 1.165) is 32.4 Å². The molecular formula is C12H22N2O. The van der Waals surface area contributed by atoms with Crippen LogP contribution >= 0.6 is 0 Å². The summed E-state index contributed by atoms with van der Waals surface area (Å²) in [5.41, 5.74) is 0. The zero-order chi connectivity index (χ0) is 10.8. The zero-order valence-corrected chi connectivity index (χ0v) is 9.91. The van der Waals surface area contributed by atoms with Crippen molar-refractivity contribution < 1.29 is 4.79 Å². The molecule has 86 valence electrons. The van der Waals surface area contributed by atoms with Crippen molar-refractivity contribution in [2.24, 2.45) is 5.92 Å². The van der Waals surface area contributed by atoms with Crippen molar-refractivity contribution in [1.82, 2.24) is 9.80 Å². The minimum absolute atomic E-state index is 0.368. The molecule has 0 radical (unpaired) electrons. The van der Waals surface area contributed by atoms with Gasteiger partial charge in [0.25, 0.3) is 0 Å². The lowest BCUT2D eigenvalue weighted by atomic mass is 10.0. The fourth-order valence-electron chi connectivity index (χ4n) is 2.30. The van der Waals surface area contributed by atoms with Crippen LogP contribution in [0.5, 0.6) is 0 Å². The van der Waals surface area contributed by atoms with Crippen LogP contribution in [0.1, 0.15) is 32.1 Å². The minimum Gasteiger partial charge on any atom is -0.343 e. The summed E-state index contributed by atoms with van der Waals surface area (Å²) in [6, 6.07) is 0.493. The maximum absolute atomic E-state index is 11.9. The first-order valence-corrected chi connectivity index (χ1v) is 6.11. The molecule has 1 amide bonds. The van der Waals surface area contributed by atoms with E-state index >= 15 is 0 Å². The van der Waals surface area contributed by atoms with E-state index in [-0.39, 0.29) is 0 Å². The van der Waals surface area contributed by atoms with Crippen molar-refractivity contribution in [3.63, 3.8) is 0 Å². The number of hydrogen-bond acceptors (Lipinski definition) is 2. The largest absolute Gasteiger partial charge is 0.343 e. The van der Waals surface area contributed by atoms with Gasteiger partial charge in [0.15, 0.2) is 0 Å². The van der Waals surface area contributed by atoms with Gasteiger partial charge in [-0.1, -0.05) is 0 Å². The van der Waals surface area contributed by atoms with Crippen LogP contribution in [0.4, 0.5) is 0 Å². The number of carbonyl (C=O) groups is 1. The maximum atomic E-state index is 11.9. The number of amides is 1. The van der Waals surface area contributed by atoms with Crippen LogP contribution in [0.3, 0.4) is 0 Å². The summed E-state index contributed by atoms with van der Waals surface area (Å²) in [4.78, 5) is 16.2. The lowest BCUT2D eigenvalue weighted by Gasteiger charge is -2.35. The number of nitrogens with zero attached hydrogens (tertiary/aromatic N) is 2. The Morgan fingerprint density at radius 2 is 1.87 bits per heavy atom. The molecule has 0 atom stereocenters. The molecule has 1 saturated carbocycles. The van der Waals surface area contributed by atoms with E-state index < -0.39 is 0 Å². The Hall–Kier alpha value is -0.570. The van der Waals surface area contributed by atoms with Crippen molar-refractivity contribution in [3.05, 3.63) is 0 Å². The Labute approximate surface area is 92.4 Å². The Morgan fingerprint density at radius 3 is 2.40 bits per heavy atom. The van der Waals surface area contributed by atoms with Crippen LogP contribution in [0.25, 0.3) is 0 Å². The van der Waals surface area contributed by atoms with Crippen molar-refractivity contribution in [3.8, 4) is 0 Å². The van der Waals surface area contributed by atoms with Gasteiger partial charge in [0.1, 0.15) is 0 Å². The van der Waals surface area contributed by atoms with Crippen molar-refractivity contribution in [2.75, 3.05) is 27.2 Å². The van der Waals surface area contributed by atoms with Gasteiger partial charge >= 0.3 is 0 Å². The predicted molar refractivity (Wildman–Crippen MR) is 60.6 cm³/mol. The van der Waals surface area contributed by atoms with Crippen LogP contribution in [0.15, 0.2) is 0 Å². The van der Waals surface area contributed by atoms with Gasteiger partial charge in [-0.3, -0.25) is 4.79 Å². The predicted octanol–water partition coefficient (Wildman–Crippen LogP) is 1.34. The van der Waals surface area contributed by atoms with Crippen molar-refractivity contribution >= 4 is 5.91 Å². The number of carbonyl (C=O) groups excluding carboxylic acids is 1. The SMILES string of the molecule is CN1CCC(N(C)C(=O)CC2CC2)CC1. The Balaban J connectivity index is 1.78. The van der Waals surface area contributed by atoms with Gasteiger partial charge in [-0.25, -0.2) is 0 Å². The van der Waals surface area contributed by atoms with Gasteiger partial charge in [0.05, 0.1) is 0 Å². The molecule has 1 aliphatic carbocycles. The molecule has 0 aromatic heterocycles. The molecule has 2 rings (SSSR count). The Kier molecular flexibility index (Phi) is 3.29. The summed E-state index contributed by atoms with van der Waals surface area (Å²) in [6.07, 6.45) is 5.62. The lowest BCUT2D eigenvalue weighted by Crippen LogP contribution is -2.44. The third-order valence-corrected chi connectivity index (χ3v) is 3.79. The van der Waals surface area contributed by atoms with E-state index in [9.17, 15) is 4.79 Å². The second-order valence-electron chi connectivity index (χ2n) is 5.19. The van der Waals surface area contributed by atoms with Crippen LogP contribution in [0.2, 0.25) is 0 Å². The topological polar surface area (TPSA) is 23.6 Å². The molecule has 15 heavy (non-hydrogen) atoms. The monoisotopic (exact) mass is 210 g/mol. The summed E-state index contributed by atoms with van der Waals surface area (Å²) in [5, 5.41) is 0. The standard InChI is InChI=1S/C12H22N2O/c1-13-7-5-11(6-8-13)14(2)12(15)9-10-3-4-10/h10-11H,3-9H2,1-2H3. The average Bonchev–Trinajstić information content (AvgIpc) is 3.02. The van der Waals surface area contributed by atoms with Crippen molar-refractivity contribution in [2.45, 2.75) is 38.1 Å². The Bertz CT molecular complexity index is 230. The number of likely N-dealkylation sites (tertiary alicyclic amines) is 1. The third kappa shape index (κ3) is 2.94. The second kappa shape index (κ2) is 4.52. The van der Waals surface area contributed by atoms with Crippen LogP contribution in [-0.4, -0.2) is 48.9 Å². The molecule has 0 unspecified atom stereocenters. The number of rotatable bonds is 3. The molecular weight excluding hydrogens is 188 g/mol. The quantitative estimate of drug-likeness (QED) is 0.702. The molecule has 0 spiro atoms. The normalized spacial score (nSPS) is 24.1. The van der Waals surface area contributed by atoms with E-state index in [1.54, 1.807) is 0 Å². The van der Waals surface area contributed by atoms with E-state index in [1.807, 2.05) is 11.9 Å². The first-order chi connectivity index (χ1) is 7.16. The molecule has 0 aromatic rings. The molecule has 0 aromatic carbocycles. The minimum atomic E-state index is 0.368. The van der Waals surface area contributed by atoms with Crippen LogP contribution in [-0.2, 0) is 4.79 Å². The van der Waals surface area contributed by atoms with E-state index in [4.69, 9.17) is 0 Å². The van der Waals surface area contributed by atoms with Crippen molar-refractivity contribution in [1.29, 1.82) is 0 Å². The van der Waals surface area contributed by atoms with Gasteiger partial charge in [0, 0.05) is 19.5 Å². The molecule has 3 nitrogen and oxygen atoms in total. The van der Waals surface area contributed by atoms with E-state index in [1.165, 1.54) is 12.8 Å². The average molecular weight is 210 g/mol. The molecule has 1 heterocycles. The highest BCUT2D eigenvalue weighted by atomic mass is 16.2. The first kappa shape index (κ1) is 10.9. The van der Waals surface area contributed by atoms with Crippen LogP contribution in [0, 0.1) is 5.92 Å². The lowest BCUT2D eigenvalue weighted by molar-refractivity contribution is -0.133. The fourth-order valence-corrected chi connectivity index (χ4v) is 2.30. The summed E-state index contributed by atoms with van der Waals surface area (Å²) in [5.74, 6) is 1.08. The molecule has 1 saturated heterocycles. The number of piperidine rings is 1. The molecule has 2 aliphatic rings. The third-order valence-electron chi connectivity index (χ3n) is 3.79. The summed E-state index contributed by atoms with van der Waals surface area (Å²) >= 11 is 0. The van der Waals surface area contributed by atoms with Gasteiger partial charge in [0.2, 0.25) is 5.91 Å². The second-order valence-corrected chi connectivity index (χ2v) is 5.19. The molecule has 3 heteroatoms. The smallest absolute Gasteiger partial charge is 0.222 e. The number of hydrogen-bond donors (Lipinski definition) is 0. The summed E-state index contributed by atoms with van der Waals surface area (Å²) < 4.78 is 0. The molecule has 0 N–H and O–H groups in total. The molecule has 0 bridgehead atoms. The van der Waals surface area contributed by atoms with Gasteiger partial charge in [-0.05, 0) is 51.7 Å². The molecule has 1 aliphatic heterocycles. The molecule has 2 fully saturated rings. The van der Waals surface area contributed by atoms with Gasteiger partial charge < -0.3 is 9.80 Å². The maximum Gasteiger partial charge on any atom is 0.222 e.